The molecular weight excluding hydrogens is 479 g/mol. The number of alkyl halides is 3. The highest BCUT2D eigenvalue weighted by Crippen LogP contribution is 2.33. The molecule has 0 radical (unpaired) electrons. The van der Waals surface area contributed by atoms with Crippen molar-refractivity contribution in [2.24, 2.45) is 0 Å². The monoisotopic (exact) mass is 487 g/mol. The molecule has 0 fully saturated rings. The molecule has 2 N–H and O–H groups in total. The molecular formula is C17H10BrClF3N5O2. The molecule has 12 heteroatoms. The normalized spacial score (nSPS) is 11.8. The molecule has 0 spiro atoms. The number of fused-ring (bicyclic) bond motifs is 1. The molecule has 4 aromatic rings. The van der Waals surface area contributed by atoms with Crippen LogP contribution < -0.4 is 10.1 Å². The van der Waals surface area contributed by atoms with Crippen LogP contribution >= 0.6 is 27.5 Å². The predicted molar refractivity (Wildman–Crippen MR) is 103 cm³/mol. The summed E-state index contributed by atoms with van der Waals surface area (Å²) in [7, 11) is 0. The molecule has 0 unspecified atom stereocenters. The number of ether oxygens (including phenoxy) is 1. The van der Waals surface area contributed by atoms with Crippen molar-refractivity contribution < 1.29 is 22.3 Å². The van der Waals surface area contributed by atoms with E-state index >= 15 is 0 Å². The van der Waals surface area contributed by atoms with Crippen LogP contribution in [0.1, 0.15) is 5.56 Å². The molecule has 0 aliphatic rings. The van der Waals surface area contributed by atoms with Crippen molar-refractivity contribution in [1.29, 1.82) is 0 Å². The van der Waals surface area contributed by atoms with Crippen molar-refractivity contribution in [3.8, 4) is 17.3 Å². The van der Waals surface area contributed by atoms with Crippen LogP contribution in [0.5, 0.6) is 5.75 Å². The number of benzene rings is 2. The van der Waals surface area contributed by atoms with Crippen molar-refractivity contribution in [2.75, 3.05) is 5.32 Å². The van der Waals surface area contributed by atoms with Crippen LogP contribution in [-0.2, 0) is 6.54 Å². The lowest BCUT2D eigenvalue weighted by molar-refractivity contribution is -0.274. The Kier molecular flexibility index (Phi) is 5.09. The number of aromatic amines is 1. The largest absolute Gasteiger partial charge is 0.573 e. The van der Waals surface area contributed by atoms with E-state index < -0.39 is 6.36 Å². The molecule has 0 aliphatic carbocycles. The van der Waals surface area contributed by atoms with Gasteiger partial charge in [0.15, 0.2) is 5.76 Å². The van der Waals surface area contributed by atoms with Gasteiger partial charge in [-0.05, 0) is 62.3 Å². The maximum atomic E-state index is 12.4. The van der Waals surface area contributed by atoms with Gasteiger partial charge in [-0.3, -0.25) is 0 Å². The Bertz CT molecular complexity index is 1160. The second kappa shape index (κ2) is 7.56. The third kappa shape index (κ3) is 4.46. The number of hydrogen-bond acceptors (Lipinski definition) is 6. The van der Waals surface area contributed by atoms with E-state index in [4.69, 9.17) is 16.0 Å². The Balaban J connectivity index is 1.52. The summed E-state index contributed by atoms with van der Waals surface area (Å²) in [6, 6.07) is 9.48. The maximum Gasteiger partial charge on any atom is 0.573 e. The lowest BCUT2D eigenvalue weighted by Crippen LogP contribution is -2.17. The van der Waals surface area contributed by atoms with Crippen LogP contribution in [0.4, 0.5) is 18.9 Å². The standard InChI is InChI=1S/C17H10BrClF3N5O2/c18-11-5-10(1-2-13(11)29-17(20,21)22)23-7-9-3-8-4-15(16-24-26-27-25-16)28-14(8)6-12(9)19/h1-6,23H,7H2,(H,24,25,26,27). The summed E-state index contributed by atoms with van der Waals surface area (Å²) in [6.45, 7) is 0.338. The zero-order chi connectivity index (χ0) is 20.6. The minimum Gasteiger partial charge on any atom is -0.453 e. The average molecular weight is 489 g/mol. The van der Waals surface area contributed by atoms with Gasteiger partial charge >= 0.3 is 6.36 Å². The molecule has 0 amide bonds. The summed E-state index contributed by atoms with van der Waals surface area (Å²) < 4.78 is 46.9. The summed E-state index contributed by atoms with van der Waals surface area (Å²) in [5, 5.41) is 17.8. The number of aromatic nitrogens is 4. The van der Waals surface area contributed by atoms with Gasteiger partial charge in [0.25, 0.3) is 0 Å². The van der Waals surface area contributed by atoms with Gasteiger partial charge in [-0.2, -0.15) is 0 Å². The number of nitrogens with zero attached hydrogens (tertiary/aromatic N) is 3. The van der Waals surface area contributed by atoms with Gasteiger partial charge < -0.3 is 14.5 Å². The third-order valence-corrected chi connectivity index (χ3v) is 4.88. The number of hydrogen-bond donors (Lipinski definition) is 2. The molecule has 0 saturated carbocycles. The van der Waals surface area contributed by atoms with Crippen LogP contribution in [0, 0.1) is 0 Å². The fourth-order valence-electron chi connectivity index (χ4n) is 2.64. The second-order valence-corrected chi connectivity index (χ2v) is 7.15. The van der Waals surface area contributed by atoms with Crippen LogP contribution in [0.2, 0.25) is 5.02 Å². The van der Waals surface area contributed by atoms with E-state index in [1.165, 1.54) is 18.2 Å². The number of tetrazole rings is 1. The first-order chi connectivity index (χ1) is 13.8. The number of anilines is 1. The highest BCUT2D eigenvalue weighted by Gasteiger charge is 2.31. The average Bonchev–Trinajstić information content (AvgIpc) is 3.30. The topological polar surface area (TPSA) is 88.9 Å². The quantitative estimate of drug-likeness (QED) is 0.383. The highest BCUT2D eigenvalue weighted by molar-refractivity contribution is 9.10. The number of H-pyrrole nitrogens is 1. The van der Waals surface area contributed by atoms with Gasteiger partial charge in [0, 0.05) is 28.7 Å². The van der Waals surface area contributed by atoms with Crippen LogP contribution in [0.15, 0.2) is 45.3 Å². The third-order valence-electron chi connectivity index (χ3n) is 3.90. The van der Waals surface area contributed by atoms with E-state index in [1.54, 1.807) is 12.1 Å². The lowest BCUT2D eigenvalue weighted by atomic mass is 10.1. The van der Waals surface area contributed by atoms with Gasteiger partial charge in [-0.25, -0.2) is 5.10 Å². The summed E-state index contributed by atoms with van der Waals surface area (Å²) in [6.07, 6.45) is -4.76. The summed E-state index contributed by atoms with van der Waals surface area (Å²) >= 11 is 9.40. The fraction of sp³-hybridized carbons (Fsp3) is 0.118. The first kappa shape index (κ1) is 19.5. The van der Waals surface area contributed by atoms with E-state index in [1.807, 2.05) is 6.07 Å². The number of rotatable bonds is 5. The Labute approximate surface area is 174 Å². The summed E-state index contributed by atoms with van der Waals surface area (Å²) in [5.41, 5.74) is 1.93. The molecule has 2 heterocycles. The first-order valence-corrected chi connectivity index (χ1v) is 9.21. The SMILES string of the molecule is FC(F)(F)Oc1ccc(NCc2cc3cc(-c4nnn[nH]4)oc3cc2Cl)cc1Br. The lowest BCUT2D eigenvalue weighted by Gasteiger charge is -2.13. The van der Waals surface area contributed by atoms with Crippen LogP contribution in [0.3, 0.4) is 0 Å². The fourth-order valence-corrected chi connectivity index (χ4v) is 3.32. The molecule has 0 atom stereocenters. The van der Waals surface area contributed by atoms with Crippen molar-refractivity contribution in [1.82, 2.24) is 20.6 Å². The smallest absolute Gasteiger partial charge is 0.453 e. The molecule has 2 aromatic heterocycles. The number of halogens is 5. The van der Waals surface area contributed by atoms with Crippen LogP contribution in [0.25, 0.3) is 22.6 Å². The minimum absolute atomic E-state index is 0.168. The molecule has 0 aliphatic heterocycles. The Morgan fingerprint density at radius 2 is 2.03 bits per heavy atom. The Morgan fingerprint density at radius 3 is 2.72 bits per heavy atom. The van der Waals surface area contributed by atoms with Gasteiger partial charge in [-0.15, -0.1) is 18.3 Å². The van der Waals surface area contributed by atoms with E-state index in [0.29, 0.717) is 34.4 Å². The van der Waals surface area contributed by atoms with Crippen molar-refractivity contribution in [2.45, 2.75) is 12.9 Å². The van der Waals surface area contributed by atoms with Gasteiger partial charge in [0.1, 0.15) is 11.3 Å². The second-order valence-electron chi connectivity index (χ2n) is 5.89. The minimum atomic E-state index is -4.76. The van der Waals surface area contributed by atoms with E-state index in [-0.39, 0.29) is 10.2 Å². The maximum absolute atomic E-state index is 12.4. The van der Waals surface area contributed by atoms with E-state index in [9.17, 15) is 13.2 Å². The molecule has 150 valence electrons. The molecule has 0 saturated heterocycles. The molecule has 7 nitrogen and oxygen atoms in total. The van der Waals surface area contributed by atoms with Crippen molar-refractivity contribution >= 4 is 44.2 Å². The Morgan fingerprint density at radius 1 is 1.21 bits per heavy atom. The van der Waals surface area contributed by atoms with E-state index in [0.717, 1.165) is 10.9 Å². The zero-order valence-electron chi connectivity index (χ0n) is 14.2. The zero-order valence-corrected chi connectivity index (χ0v) is 16.6. The van der Waals surface area contributed by atoms with Gasteiger partial charge in [-0.1, -0.05) is 11.6 Å². The molecule has 29 heavy (non-hydrogen) atoms. The van der Waals surface area contributed by atoms with E-state index in [2.05, 4.69) is 46.6 Å². The first-order valence-electron chi connectivity index (χ1n) is 8.04. The van der Waals surface area contributed by atoms with Crippen molar-refractivity contribution in [3.05, 3.63) is 51.5 Å². The van der Waals surface area contributed by atoms with Crippen LogP contribution in [-0.4, -0.2) is 27.0 Å². The Hall–Kier alpha value is -2.79. The summed E-state index contributed by atoms with van der Waals surface area (Å²) in [4.78, 5) is 0. The highest BCUT2D eigenvalue weighted by atomic mass is 79.9. The van der Waals surface area contributed by atoms with Gasteiger partial charge in [0.05, 0.1) is 4.47 Å². The molecule has 4 rings (SSSR count). The number of furan rings is 1. The molecule has 2 aromatic carbocycles. The van der Waals surface area contributed by atoms with Crippen molar-refractivity contribution in [3.63, 3.8) is 0 Å². The predicted octanol–water partition coefficient (Wildman–Crippen LogP) is 5.54. The summed E-state index contributed by atoms with van der Waals surface area (Å²) in [5.74, 6) is 0.536. The number of nitrogens with one attached hydrogen (secondary N) is 2. The van der Waals surface area contributed by atoms with Gasteiger partial charge in [0.2, 0.25) is 5.82 Å². The molecule has 0 bridgehead atoms.